The smallest absolute Gasteiger partial charge is 0.267 e. The lowest BCUT2D eigenvalue weighted by atomic mass is 9.89. The van der Waals surface area contributed by atoms with Gasteiger partial charge in [0.2, 0.25) is 0 Å². The Morgan fingerprint density at radius 2 is 2.22 bits per heavy atom. The standard InChI is InChI=1S/C17H16ClN3OS/c1-10-6-7-12-14(8-10)23-16-15(12)17(22)21(20-19-16)9-11-4-2-3-5-13(11)18/h2-5,10H,6-9H2,1H3/t10-/m0/s1. The number of aromatic nitrogens is 3. The predicted molar refractivity (Wildman–Crippen MR) is 93.4 cm³/mol. The van der Waals surface area contributed by atoms with Gasteiger partial charge in [-0.25, -0.2) is 4.68 Å². The van der Waals surface area contributed by atoms with Gasteiger partial charge in [-0.2, -0.15) is 0 Å². The molecule has 3 aromatic rings. The number of hydrogen-bond donors (Lipinski definition) is 0. The van der Waals surface area contributed by atoms with Gasteiger partial charge in [0, 0.05) is 9.90 Å². The molecular formula is C17H16ClN3OS. The number of hydrogen-bond acceptors (Lipinski definition) is 4. The Hall–Kier alpha value is -1.72. The molecule has 1 aliphatic carbocycles. The third kappa shape index (κ3) is 2.58. The molecule has 4 rings (SSSR count). The monoisotopic (exact) mass is 345 g/mol. The van der Waals surface area contributed by atoms with Gasteiger partial charge in [-0.3, -0.25) is 4.79 Å². The van der Waals surface area contributed by atoms with Crippen LogP contribution in [0.25, 0.3) is 10.2 Å². The second-order valence-electron chi connectivity index (χ2n) is 6.18. The van der Waals surface area contributed by atoms with Gasteiger partial charge >= 0.3 is 0 Å². The number of rotatable bonds is 2. The Morgan fingerprint density at radius 3 is 3.04 bits per heavy atom. The molecule has 0 amide bonds. The van der Waals surface area contributed by atoms with Crippen molar-refractivity contribution in [3.05, 3.63) is 55.6 Å². The number of thiophene rings is 1. The summed E-state index contributed by atoms with van der Waals surface area (Å²) < 4.78 is 1.43. The Labute approximate surface area is 142 Å². The summed E-state index contributed by atoms with van der Waals surface area (Å²) in [5, 5.41) is 9.80. The van der Waals surface area contributed by atoms with Gasteiger partial charge in [-0.15, -0.1) is 16.4 Å². The summed E-state index contributed by atoms with van der Waals surface area (Å²) in [6.45, 7) is 2.61. The topological polar surface area (TPSA) is 47.8 Å². The lowest BCUT2D eigenvalue weighted by molar-refractivity contribution is 0.508. The Morgan fingerprint density at radius 1 is 1.39 bits per heavy atom. The van der Waals surface area contributed by atoms with Crippen molar-refractivity contribution in [1.82, 2.24) is 15.0 Å². The van der Waals surface area contributed by atoms with Crippen LogP contribution in [0.5, 0.6) is 0 Å². The molecule has 0 radical (unpaired) electrons. The van der Waals surface area contributed by atoms with Crippen molar-refractivity contribution in [3.63, 3.8) is 0 Å². The summed E-state index contributed by atoms with van der Waals surface area (Å²) >= 11 is 7.82. The van der Waals surface area contributed by atoms with Crippen molar-refractivity contribution in [3.8, 4) is 0 Å². The Bertz CT molecular complexity index is 947. The number of halogens is 1. The van der Waals surface area contributed by atoms with E-state index in [2.05, 4.69) is 17.2 Å². The van der Waals surface area contributed by atoms with E-state index in [1.165, 1.54) is 15.1 Å². The molecule has 0 fully saturated rings. The maximum Gasteiger partial charge on any atom is 0.279 e. The summed E-state index contributed by atoms with van der Waals surface area (Å²) in [6, 6.07) is 7.51. The van der Waals surface area contributed by atoms with Crippen molar-refractivity contribution >= 4 is 33.2 Å². The van der Waals surface area contributed by atoms with Gasteiger partial charge in [0.1, 0.15) is 0 Å². The maximum atomic E-state index is 12.9. The highest BCUT2D eigenvalue weighted by atomic mass is 35.5. The Kier molecular flexibility index (Phi) is 3.70. The average Bonchev–Trinajstić information content (AvgIpc) is 2.90. The molecule has 23 heavy (non-hydrogen) atoms. The SMILES string of the molecule is C[C@H]1CCc2c(sc3nnn(Cc4ccccc4Cl)c(=O)c23)C1. The fraction of sp³-hybridized carbons (Fsp3) is 0.353. The highest BCUT2D eigenvalue weighted by molar-refractivity contribution is 7.18. The molecular weight excluding hydrogens is 330 g/mol. The molecule has 0 saturated carbocycles. The number of fused-ring (bicyclic) bond motifs is 3. The molecule has 118 valence electrons. The first-order valence-electron chi connectivity index (χ1n) is 7.75. The lowest BCUT2D eigenvalue weighted by Gasteiger charge is -2.17. The Balaban J connectivity index is 1.82. The summed E-state index contributed by atoms with van der Waals surface area (Å²) in [4.78, 5) is 15.0. The minimum absolute atomic E-state index is 0.0537. The molecule has 0 bridgehead atoms. The van der Waals surface area contributed by atoms with Gasteiger partial charge in [-0.1, -0.05) is 41.9 Å². The summed E-state index contributed by atoms with van der Waals surface area (Å²) in [5.74, 6) is 0.675. The summed E-state index contributed by atoms with van der Waals surface area (Å²) in [6.07, 6.45) is 3.13. The van der Waals surface area contributed by atoms with Crippen molar-refractivity contribution < 1.29 is 0 Å². The van der Waals surface area contributed by atoms with Gasteiger partial charge < -0.3 is 0 Å². The van der Waals surface area contributed by atoms with E-state index in [1.807, 2.05) is 24.3 Å². The predicted octanol–water partition coefficient (Wildman–Crippen LogP) is 3.68. The van der Waals surface area contributed by atoms with Crippen LogP contribution in [0.2, 0.25) is 5.02 Å². The minimum Gasteiger partial charge on any atom is -0.267 e. The van der Waals surface area contributed by atoms with Crippen LogP contribution in [-0.2, 0) is 19.4 Å². The molecule has 0 N–H and O–H groups in total. The normalized spacial score (nSPS) is 17.4. The summed E-state index contributed by atoms with van der Waals surface area (Å²) in [7, 11) is 0. The number of benzene rings is 1. The third-order valence-corrected chi connectivity index (χ3v) is 5.97. The average molecular weight is 346 g/mol. The van der Waals surface area contributed by atoms with E-state index in [0.29, 0.717) is 17.5 Å². The highest BCUT2D eigenvalue weighted by Crippen LogP contribution is 2.35. The van der Waals surface area contributed by atoms with Crippen molar-refractivity contribution in [2.24, 2.45) is 5.92 Å². The fourth-order valence-electron chi connectivity index (χ4n) is 3.18. The fourth-order valence-corrected chi connectivity index (χ4v) is 4.70. The van der Waals surface area contributed by atoms with Crippen LogP contribution in [0.1, 0.15) is 29.3 Å². The molecule has 4 nitrogen and oxygen atoms in total. The van der Waals surface area contributed by atoms with Crippen molar-refractivity contribution in [1.29, 1.82) is 0 Å². The minimum atomic E-state index is -0.0537. The molecule has 2 heterocycles. The number of nitrogens with zero attached hydrogens (tertiary/aromatic N) is 3. The molecule has 0 spiro atoms. The van der Waals surface area contributed by atoms with Crippen LogP contribution in [0, 0.1) is 5.92 Å². The van der Waals surface area contributed by atoms with E-state index >= 15 is 0 Å². The molecule has 6 heteroatoms. The molecule has 2 aromatic heterocycles. The third-order valence-electron chi connectivity index (χ3n) is 4.46. The van der Waals surface area contributed by atoms with Crippen molar-refractivity contribution in [2.45, 2.75) is 32.7 Å². The molecule has 0 unspecified atom stereocenters. The molecule has 1 aromatic carbocycles. The van der Waals surface area contributed by atoms with E-state index in [1.54, 1.807) is 11.3 Å². The zero-order chi connectivity index (χ0) is 16.0. The van der Waals surface area contributed by atoms with E-state index in [0.717, 1.165) is 35.0 Å². The van der Waals surface area contributed by atoms with Crippen LogP contribution in [0.3, 0.4) is 0 Å². The first-order valence-corrected chi connectivity index (χ1v) is 8.94. The quantitative estimate of drug-likeness (QED) is 0.711. The zero-order valence-electron chi connectivity index (χ0n) is 12.8. The van der Waals surface area contributed by atoms with E-state index < -0.39 is 0 Å². The lowest BCUT2D eigenvalue weighted by Crippen LogP contribution is -2.25. The molecule has 0 aliphatic heterocycles. The van der Waals surface area contributed by atoms with E-state index in [4.69, 9.17) is 11.6 Å². The first kappa shape index (κ1) is 14.8. The molecule has 0 saturated heterocycles. The van der Waals surface area contributed by atoms with Gasteiger partial charge in [0.25, 0.3) is 5.56 Å². The van der Waals surface area contributed by atoms with Crippen LogP contribution >= 0.6 is 22.9 Å². The second-order valence-corrected chi connectivity index (χ2v) is 7.67. The van der Waals surface area contributed by atoms with Crippen LogP contribution in [0.15, 0.2) is 29.1 Å². The van der Waals surface area contributed by atoms with Gasteiger partial charge in [0.15, 0.2) is 4.83 Å². The van der Waals surface area contributed by atoms with Crippen LogP contribution in [0.4, 0.5) is 0 Å². The van der Waals surface area contributed by atoms with Gasteiger partial charge in [0.05, 0.1) is 11.9 Å². The highest BCUT2D eigenvalue weighted by Gasteiger charge is 2.23. The zero-order valence-corrected chi connectivity index (χ0v) is 14.3. The van der Waals surface area contributed by atoms with Gasteiger partial charge in [-0.05, 0) is 42.4 Å². The maximum absolute atomic E-state index is 12.9. The number of aryl methyl sites for hydroxylation is 1. The first-order chi connectivity index (χ1) is 11.1. The van der Waals surface area contributed by atoms with Crippen LogP contribution in [-0.4, -0.2) is 15.0 Å². The van der Waals surface area contributed by atoms with Crippen molar-refractivity contribution in [2.75, 3.05) is 0 Å². The van der Waals surface area contributed by atoms with E-state index in [9.17, 15) is 4.79 Å². The van der Waals surface area contributed by atoms with Crippen LogP contribution < -0.4 is 5.56 Å². The van der Waals surface area contributed by atoms with E-state index in [-0.39, 0.29) is 5.56 Å². The molecule has 1 aliphatic rings. The molecule has 1 atom stereocenters. The second kappa shape index (κ2) is 5.73. The summed E-state index contributed by atoms with van der Waals surface area (Å²) in [5.41, 5.74) is 2.01. The largest absolute Gasteiger partial charge is 0.279 e.